The van der Waals surface area contributed by atoms with Gasteiger partial charge < -0.3 is 9.84 Å². The van der Waals surface area contributed by atoms with Crippen LogP contribution in [0.2, 0.25) is 0 Å². The van der Waals surface area contributed by atoms with Crippen LogP contribution in [0.4, 0.5) is 0 Å². The summed E-state index contributed by atoms with van der Waals surface area (Å²) < 4.78 is 7.96. The zero-order valence-electron chi connectivity index (χ0n) is 15.4. The molecule has 3 atom stereocenters. The summed E-state index contributed by atoms with van der Waals surface area (Å²) in [5.41, 5.74) is 3.76. The van der Waals surface area contributed by atoms with Crippen molar-refractivity contribution in [3.8, 4) is 11.5 Å². The molecule has 3 nitrogen and oxygen atoms in total. The molecule has 5 rings (SSSR count). The van der Waals surface area contributed by atoms with Gasteiger partial charge in [-0.2, -0.15) is 0 Å². The first kappa shape index (κ1) is 17.3. The van der Waals surface area contributed by atoms with Crippen molar-refractivity contribution in [1.29, 1.82) is 0 Å². The van der Waals surface area contributed by atoms with E-state index in [2.05, 4.69) is 11.9 Å². The van der Waals surface area contributed by atoms with Crippen LogP contribution in [0.1, 0.15) is 74.0 Å². The van der Waals surface area contributed by atoms with Crippen molar-refractivity contribution in [3.05, 3.63) is 22.8 Å². The lowest BCUT2D eigenvalue weighted by molar-refractivity contribution is 0.0540. The molecule has 5 heteroatoms. The van der Waals surface area contributed by atoms with E-state index in [-0.39, 0.29) is 5.60 Å². The zero-order valence-corrected chi connectivity index (χ0v) is 17.1. The minimum Gasteiger partial charge on any atom is -0.508 e. The van der Waals surface area contributed by atoms with Crippen molar-refractivity contribution >= 4 is 27.9 Å². The van der Waals surface area contributed by atoms with E-state index in [0.29, 0.717) is 17.6 Å². The van der Waals surface area contributed by atoms with Gasteiger partial charge in [-0.3, -0.25) is 4.99 Å². The van der Waals surface area contributed by atoms with Crippen molar-refractivity contribution in [3.63, 3.8) is 0 Å². The second-order valence-corrected chi connectivity index (χ2v) is 10.8. The number of aryl methyl sites for hydroxylation is 1. The Labute approximate surface area is 164 Å². The molecule has 2 aliphatic carbocycles. The van der Waals surface area contributed by atoms with E-state index in [1.165, 1.54) is 46.7 Å². The predicted octanol–water partition coefficient (Wildman–Crippen LogP) is 5.46. The van der Waals surface area contributed by atoms with E-state index in [1.54, 1.807) is 0 Å². The van der Waals surface area contributed by atoms with E-state index in [9.17, 15) is 5.11 Å². The number of benzene rings is 1. The van der Waals surface area contributed by atoms with Crippen LogP contribution >= 0.6 is 23.5 Å². The second kappa shape index (κ2) is 6.66. The highest BCUT2D eigenvalue weighted by Gasteiger charge is 2.44. The molecule has 140 valence electrons. The summed E-state index contributed by atoms with van der Waals surface area (Å²) in [5, 5.41) is 10.5. The number of rotatable bonds is 4. The Morgan fingerprint density at radius 1 is 1.35 bits per heavy atom. The van der Waals surface area contributed by atoms with Crippen molar-refractivity contribution in [2.24, 2.45) is 4.99 Å². The smallest absolute Gasteiger partial charge is 0.127 e. The third-order valence-electron chi connectivity index (χ3n) is 6.57. The van der Waals surface area contributed by atoms with E-state index < -0.39 is 0 Å². The topological polar surface area (TPSA) is 41.8 Å². The molecule has 0 aromatic heterocycles. The predicted molar refractivity (Wildman–Crippen MR) is 111 cm³/mol. The standard InChI is InChI=1S/C21H27NO2S2/c1-21(6-2-9-25-20-22-8-10-26-20)7-5-15-12-16(23)17-13-3-4-14(11-13)18(17)19(15)24-21/h12-14,23H,2-11H2,1H3. The van der Waals surface area contributed by atoms with Gasteiger partial charge in [-0.25, -0.2) is 0 Å². The zero-order chi connectivity index (χ0) is 17.7. The lowest BCUT2D eigenvalue weighted by Gasteiger charge is -2.38. The van der Waals surface area contributed by atoms with Gasteiger partial charge in [-0.05, 0) is 75.3 Å². The Kier molecular flexibility index (Phi) is 4.43. The molecule has 0 amide bonds. The molecule has 0 spiro atoms. The molecule has 26 heavy (non-hydrogen) atoms. The number of aliphatic imine (C=N–C) groups is 1. The number of aromatic hydroxyl groups is 1. The highest BCUT2D eigenvalue weighted by molar-refractivity contribution is 8.39. The fraction of sp³-hybridized carbons (Fsp3) is 0.667. The average molecular weight is 390 g/mol. The molecule has 2 heterocycles. The van der Waals surface area contributed by atoms with Gasteiger partial charge in [-0.1, -0.05) is 23.5 Å². The summed E-state index contributed by atoms with van der Waals surface area (Å²) in [5.74, 6) is 5.15. The first-order valence-electron chi connectivity index (χ1n) is 10.0. The Morgan fingerprint density at radius 3 is 3.00 bits per heavy atom. The molecule has 0 saturated heterocycles. The van der Waals surface area contributed by atoms with Gasteiger partial charge in [0.05, 0.1) is 6.54 Å². The third-order valence-corrected chi connectivity index (χ3v) is 8.91. The van der Waals surface area contributed by atoms with Crippen LogP contribution in [0.3, 0.4) is 0 Å². The number of hydrogen-bond acceptors (Lipinski definition) is 5. The lowest BCUT2D eigenvalue weighted by atomic mass is 9.83. The number of hydrogen-bond donors (Lipinski definition) is 1. The Hall–Kier alpha value is -0.810. The molecule has 1 aromatic carbocycles. The van der Waals surface area contributed by atoms with Gasteiger partial charge in [-0.15, -0.1) is 0 Å². The average Bonchev–Trinajstić information content (AvgIpc) is 3.37. The highest BCUT2D eigenvalue weighted by atomic mass is 32.2. The SMILES string of the molecule is CC1(CCCSC2=NCCS2)CCc2cc(O)c3c(c2O1)C1CCC3C1. The van der Waals surface area contributed by atoms with Crippen LogP contribution in [-0.2, 0) is 6.42 Å². The number of thioether (sulfide) groups is 2. The molecule has 3 unspecified atom stereocenters. The largest absolute Gasteiger partial charge is 0.508 e. The first-order chi connectivity index (χ1) is 12.6. The molecular weight excluding hydrogens is 362 g/mol. The number of phenolic OH excluding ortho intramolecular Hbond substituents is 1. The van der Waals surface area contributed by atoms with Crippen LogP contribution in [-0.4, -0.2) is 33.1 Å². The number of phenols is 1. The Bertz CT molecular complexity index is 763. The maximum atomic E-state index is 10.5. The van der Waals surface area contributed by atoms with Crippen LogP contribution in [0.5, 0.6) is 11.5 Å². The molecule has 1 fully saturated rings. The first-order valence-corrected chi connectivity index (χ1v) is 12.0. The van der Waals surface area contributed by atoms with E-state index >= 15 is 0 Å². The van der Waals surface area contributed by atoms with E-state index in [4.69, 9.17) is 4.74 Å². The van der Waals surface area contributed by atoms with Gasteiger partial charge in [0.25, 0.3) is 0 Å². The fourth-order valence-electron chi connectivity index (χ4n) is 5.27. The minimum atomic E-state index is -0.0647. The molecule has 1 N–H and O–H groups in total. The van der Waals surface area contributed by atoms with Crippen molar-refractivity contribution in [2.45, 2.75) is 69.3 Å². The van der Waals surface area contributed by atoms with Crippen molar-refractivity contribution < 1.29 is 9.84 Å². The quantitative estimate of drug-likeness (QED) is 0.695. The summed E-state index contributed by atoms with van der Waals surface area (Å²) in [6.45, 7) is 3.28. The van der Waals surface area contributed by atoms with Crippen molar-refractivity contribution in [2.75, 3.05) is 18.1 Å². The number of ether oxygens (including phenoxy) is 1. The lowest BCUT2D eigenvalue weighted by Crippen LogP contribution is -2.37. The molecule has 2 aliphatic heterocycles. The normalized spacial score (nSPS) is 31.5. The number of nitrogens with zero attached hydrogens (tertiary/aromatic N) is 1. The molecular formula is C21H27NO2S2. The van der Waals surface area contributed by atoms with E-state index in [1.807, 2.05) is 29.6 Å². The van der Waals surface area contributed by atoms with Gasteiger partial charge in [0, 0.05) is 22.6 Å². The summed E-state index contributed by atoms with van der Waals surface area (Å²) in [4.78, 5) is 4.52. The molecule has 4 aliphatic rings. The summed E-state index contributed by atoms with van der Waals surface area (Å²) in [6.07, 6.45) is 8.07. The molecule has 2 bridgehead atoms. The summed E-state index contributed by atoms with van der Waals surface area (Å²) in [6, 6.07) is 2.00. The van der Waals surface area contributed by atoms with Crippen LogP contribution in [0, 0.1) is 0 Å². The van der Waals surface area contributed by atoms with Gasteiger partial charge in [0.2, 0.25) is 0 Å². The third kappa shape index (κ3) is 2.95. The molecule has 0 radical (unpaired) electrons. The molecule has 1 aromatic rings. The summed E-state index contributed by atoms with van der Waals surface area (Å²) >= 11 is 3.81. The van der Waals surface area contributed by atoms with Gasteiger partial charge in [0.15, 0.2) is 0 Å². The van der Waals surface area contributed by atoms with Gasteiger partial charge in [0.1, 0.15) is 21.5 Å². The monoisotopic (exact) mass is 389 g/mol. The number of fused-ring (bicyclic) bond motifs is 7. The Balaban J connectivity index is 1.30. The van der Waals surface area contributed by atoms with Crippen LogP contribution in [0.15, 0.2) is 11.1 Å². The Morgan fingerprint density at radius 2 is 2.19 bits per heavy atom. The van der Waals surface area contributed by atoms with Gasteiger partial charge >= 0.3 is 0 Å². The maximum absolute atomic E-state index is 10.5. The second-order valence-electron chi connectivity index (χ2n) is 8.42. The fourth-order valence-corrected chi connectivity index (χ4v) is 7.29. The maximum Gasteiger partial charge on any atom is 0.127 e. The van der Waals surface area contributed by atoms with Crippen molar-refractivity contribution in [1.82, 2.24) is 0 Å². The van der Waals surface area contributed by atoms with E-state index in [0.717, 1.165) is 43.1 Å². The minimum absolute atomic E-state index is 0.0647. The summed E-state index contributed by atoms with van der Waals surface area (Å²) in [7, 11) is 0. The molecule has 1 saturated carbocycles. The van der Waals surface area contributed by atoms with Crippen LogP contribution in [0.25, 0.3) is 0 Å². The highest BCUT2D eigenvalue weighted by Crippen LogP contribution is 2.60. The van der Waals surface area contributed by atoms with Crippen LogP contribution < -0.4 is 4.74 Å².